The van der Waals surface area contributed by atoms with Crippen LogP contribution in [0.1, 0.15) is 5.56 Å². The van der Waals surface area contributed by atoms with E-state index in [-0.39, 0.29) is 10.6 Å². The first-order chi connectivity index (χ1) is 5.15. The predicted octanol–water partition coefficient (Wildman–Crippen LogP) is 2.08. The molecule has 0 amide bonds. The molecule has 0 heterocycles. The Labute approximate surface area is 66.6 Å². The van der Waals surface area contributed by atoms with Crippen molar-refractivity contribution in [3.8, 4) is 0 Å². The minimum Gasteiger partial charge on any atom is -0.285 e. The lowest BCUT2D eigenvalue weighted by Crippen LogP contribution is -1.89. The summed E-state index contributed by atoms with van der Waals surface area (Å²) in [6.07, 6.45) is 1.37. The summed E-state index contributed by atoms with van der Waals surface area (Å²) in [7, 11) is 0. The number of rotatable bonds is 1. The second kappa shape index (κ2) is 2.96. The smallest absolute Gasteiger partial charge is 0.235 e. The molecule has 0 aliphatic rings. The molecule has 0 aliphatic carbocycles. The third kappa shape index (κ3) is 1.54. The maximum absolute atomic E-state index is 12.3. The Bertz CT molecular complexity index is 299. The van der Waals surface area contributed by atoms with Gasteiger partial charge < -0.3 is 0 Å². The molecule has 1 rings (SSSR count). The second-order valence-electron chi connectivity index (χ2n) is 1.85. The molecule has 1 aromatic rings. The van der Waals surface area contributed by atoms with Crippen molar-refractivity contribution in [2.75, 3.05) is 0 Å². The number of hydrogen-bond acceptors (Lipinski definition) is 1. The third-order valence-electron chi connectivity index (χ3n) is 1.12. The Hall–Kier alpha value is -0.960. The van der Waals surface area contributed by atoms with Gasteiger partial charge in [0, 0.05) is 5.56 Å². The molecule has 0 aliphatic heterocycles. The summed E-state index contributed by atoms with van der Waals surface area (Å²) in [5.41, 5.74) is -0.175. The molecule has 0 atom stereocenters. The zero-order chi connectivity index (χ0) is 8.43. The van der Waals surface area contributed by atoms with Crippen molar-refractivity contribution < 1.29 is 13.6 Å². The summed E-state index contributed by atoms with van der Waals surface area (Å²) < 4.78 is 24.6. The van der Waals surface area contributed by atoms with E-state index in [9.17, 15) is 13.6 Å². The van der Waals surface area contributed by atoms with Crippen molar-refractivity contribution in [1.82, 2.24) is 0 Å². The van der Waals surface area contributed by atoms with Crippen LogP contribution in [-0.2, 0) is 4.79 Å². The Morgan fingerprint density at radius 1 is 1.27 bits per heavy atom. The van der Waals surface area contributed by atoms with Gasteiger partial charge in [-0.1, -0.05) is 11.6 Å². The zero-order valence-electron chi connectivity index (χ0n) is 5.20. The SMILES string of the molecule is O=[C]c1cc(F)c(F)cc1Cl. The fourth-order valence-corrected chi connectivity index (χ4v) is 0.790. The average molecular weight is 176 g/mol. The molecule has 0 saturated carbocycles. The van der Waals surface area contributed by atoms with E-state index in [2.05, 4.69) is 0 Å². The van der Waals surface area contributed by atoms with Crippen LogP contribution in [0.3, 0.4) is 0 Å². The lowest BCUT2D eigenvalue weighted by Gasteiger charge is -1.95. The van der Waals surface area contributed by atoms with Crippen molar-refractivity contribution in [3.05, 3.63) is 34.4 Å². The van der Waals surface area contributed by atoms with Crippen LogP contribution < -0.4 is 0 Å². The molecule has 1 radical (unpaired) electrons. The van der Waals surface area contributed by atoms with Crippen LogP contribution in [0.5, 0.6) is 0 Å². The molecular weight excluding hydrogens is 174 g/mol. The Balaban J connectivity index is 3.31. The normalized spacial score (nSPS) is 9.73. The van der Waals surface area contributed by atoms with E-state index in [0.29, 0.717) is 6.07 Å². The molecule has 57 valence electrons. The first kappa shape index (κ1) is 8.14. The van der Waals surface area contributed by atoms with E-state index in [1.54, 1.807) is 0 Å². The summed E-state index contributed by atoms with van der Waals surface area (Å²) >= 11 is 5.33. The molecule has 0 aromatic heterocycles. The van der Waals surface area contributed by atoms with Gasteiger partial charge in [-0.3, -0.25) is 4.79 Å². The van der Waals surface area contributed by atoms with Crippen LogP contribution in [0.15, 0.2) is 12.1 Å². The molecule has 0 spiro atoms. The van der Waals surface area contributed by atoms with Crippen molar-refractivity contribution in [1.29, 1.82) is 0 Å². The van der Waals surface area contributed by atoms with Gasteiger partial charge in [0.25, 0.3) is 0 Å². The fraction of sp³-hybridized carbons (Fsp3) is 0. The molecule has 1 nitrogen and oxygen atoms in total. The highest BCUT2D eigenvalue weighted by Gasteiger charge is 2.07. The van der Waals surface area contributed by atoms with Gasteiger partial charge in [-0.15, -0.1) is 0 Å². The van der Waals surface area contributed by atoms with Crippen LogP contribution in [0, 0.1) is 11.6 Å². The molecule has 0 N–H and O–H groups in total. The van der Waals surface area contributed by atoms with Gasteiger partial charge in [0.1, 0.15) is 0 Å². The quantitative estimate of drug-likeness (QED) is 0.598. The number of hydrogen-bond donors (Lipinski definition) is 0. The second-order valence-corrected chi connectivity index (χ2v) is 2.26. The minimum absolute atomic E-state index is 0.140. The van der Waals surface area contributed by atoms with Crippen LogP contribution in [0.4, 0.5) is 8.78 Å². The summed E-state index contributed by atoms with van der Waals surface area (Å²) in [4.78, 5) is 9.99. The van der Waals surface area contributed by atoms with Crippen molar-refractivity contribution in [3.63, 3.8) is 0 Å². The third-order valence-corrected chi connectivity index (χ3v) is 1.43. The molecule has 1 aromatic carbocycles. The van der Waals surface area contributed by atoms with Gasteiger partial charge in [-0.25, -0.2) is 8.78 Å². The standard InChI is InChI=1S/C7H2ClF2O/c8-5-2-7(10)6(9)1-4(5)3-11/h1-2H. The van der Waals surface area contributed by atoms with Gasteiger partial charge in [0.15, 0.2) is 11.6 Å². The van der Waals surface area contributed by atoms with Crippen LogP contribution >= 0.6 is 11.6 Å². The van der Waals surface area contributed by atoms with Gasteiger partial charge >= 0.3 is 0 Å². The van der Waals surface area contributed by atoms with Crippen LogP contribution in [-0.4, -0.2) is 6.29 Å². The molecule has 0 bridgehead atoms. The number of halogens is 3. The molecule has 0 saturated heterocycles. The monoisotopic (exact) mass is 175 g/mol. The topological polar surface area (TPSA) is 17.1 Å². The van der Waals surface area contributed by atoms with Gasteiger partial charge in [-0.2, -0.15) is 0 Å². The lowest BCUT2D eigenvalue weighted by molar-refractivity contribution is 0.507. The average Bonchev–Trinajstić information content (AvgIpc) is 1.97. The van der Waals surface area contributed by atoms with Crippen LogP contribution in [0.2, 0.25) is 5.02 Å². The van der Waals surface area contributed by atoms with Gasteiger partial charge in [0.2, 0.25) is 6.29 Å². The summed E-state index contributed by atoms with van der Waals surface area (Å²) in [5, 5.41) is -0.140. The highest BCUT2D eigenvalue weighted by molar-refractivity contribution is 6.32. The van der Waals surface area contributed by atoms with E-state index < -0.39 is 11.6 Å². The van der Waals surface area contributed by atoms with Crippen molar-refractivity contribution in [2.45, 2.75) is 0 Å². The Morgan fingerprint density at radius 2 is 1.82 bits per heavy atom. The maximum Gasteiger partial charge on any atom is 0.235 e. The largest absolute Gasteiger partial charge is 0.285 e. The van der Waals surface area contributed by atoms with E-state index >= 15 is 0 Å². The molecular formula is C7H2ClF2O. The van der Waals surface area contributed by atoms with E-state index in [0.717, 1.165) is 6.07 Å². The van der Waals surface area contributed by atoms with Crippen LogP contribution in [0.25, 0.3) is 0 Å². The first-order valence-corrected chi connectivity index (χ1v) is 3.05. The molecule has 0 fully saturated rings. The maximum atomic E-state index is 12.3. The highest BCUT2D eigenvalue weighted by atomic mass is 35.5. The number of benzene rings is 1. The molecule has 11 heavy (non-hydrogen) atoms. The summed E-state index contributed by atoms with van der Waals surface area (Å²) in [6, 6.07) is 1.43. The Kier molecular flexibility index (Phi) is 2.19. The predicted molar refractivity (Wildman–Crippen MR) is 36.2 cm³/mol. The zero-order valence-corrected chi connectivity index (χ0v) is 5.95. The minimum atomic E-state index is -1.10. The van der Waals surface area contributed by atoms with Gasteiger partial charge in [-0.05, 0) is 12.1 Å². The lowest BCUT2D eigenvalue weighted by atomic mass is 10.2. The summed E-state index contributed by atoms with van der Waals surface area (Å²) in [5.74, 6) is -2.18. The highest BCUT2D eigenvalue weighted by Crippen LogP contribution is 2.17. The number of carbonyl (C=O) groups excluding carboxylic acids is 1. The fourth-order valence-electron chi connectivity index (χ4n) is 0.601. The van der Waals surface area contributed by atoms with E-state index in [4.69, 9.17) is 11.6 Å². The molecule has 4 heteroatoms. The first-order valence-electron chi connectivity index (χ1n) is 2.68. The van der Waals surface area contributed by atoms with Crippen molar-refractivity contribution in [2.24, 2.45) is 0 Å². The summed E-state index contributed by atoms with van der Waals surface area (Å²) in [6.45, 7) is 0. The van der Waals surface area contributed by atoms with E-state index in [1.807, 2.05) is 0 Å². The van der Waals surface area contributed by atoms with Crippen molar-refractivity contribution >= 4 is 17.9 Å². The van der Waals surface area contributed by atoms with Gasteiger partial charge in [0.05, 0.1) is 5.02 Å². The molecule has 0 unspecified atom stereocenters. The van der Waals surface area contributed by atoms with E-state index in [1.165, 1.54) is 6.29 Å². The Morgan fingerprint density at radius 3 is 2.36 bits per heavy atom.